The summed E-state index contributed by atoms with van der Waals surface area (Å²) in [5.41, 5.74) is 5.95. The van der Waals surface area contributed by atoms with Gasteiger partial charge in [0, 0.05) is 10.9 Å². The second-order valence-electron chi connectivity index (χ2n) is 4.87. The molecule has 3 aromatic rings. The second-order valence-corrected chi connectivity index (χ2v) is 4.87. The average molecular weight is 298 g/mol. The molecule has 0 bridgehead atoms. The minimum Gasteiger partial charge on any atom is -0.456 e. The molecule has 0 aliphatic heterocycles. The molecule has 0 aliphatic rings. The Morgan fingerprint density at radius 3 is 2.32 bits per heavy atom. The van der Waals surface area contributed by atoms with Crippen molar-refractivity contribution in [1.82, 2.24) is 10.9 Å². The number of hydrogen-bond donors (Lipinski definition) is 2. The topological polar surface area (TPSA) is 84.5 Å². The summed E-state index contributed by atoms with van der Waals surface area (Å²) in [4.78, 5) is 23.9. The third-order valence-electron chi connectivity index (χ3n) is 3.30. The van der Waals surface area contributed by atoms with Crippen molar-refractivity contribution >= 4 is 22.8 Å². The van der Waals surface area contributed by atoms with Crippen molar-refractivity contribution in [3.63, 3.8) is 0 Å². The Hall–Kier alpha value is -3.02. The van der Waals surface area contributed by atoms with Crippen molar-refractivity contribution in [1.29, 1.82) is 0 Å². The number of rotatable bonds is 2. The Balaban J connectivity index is 1.73. The standard InChI is InChI=1S/C16H14N2O4/c1-9-7-8-13(21-9)15(19)17-18-16(20)14-10(2)11-5-3-4-6-12(11)22-14/h3-8H,1-2H3,(H,17,19)(H,18,20). The summed E-state index contributed by atoms with van der Waals surface area (Å²) < 4.78 is 10.7. The van der Waals surface area contributed by atoms with Gasteiger partial charge in [0.05, 0.1) is 0 Å². The van der Waals surface area contributed by atoms with E-state index in [0.717, 1.165) is 10.9 Å². The quantitative estimate of drug-likeness (QED) is 0.712. The van der Waals surface area contributed by atoms with Crippen LogP contribution in [0.25, 0.3) is 11.0 Å². The van der Waals surface area contributed by atoms with Gasteiger partial charge in [0.1, 0.15) is 11.3 Å². The molecule has 2 amide bonds. The van der Waals surface area contributed by atoms with Crippen molar-refractivity contribution < 1.29 is 18.4 Å². The van der Waals surface area contributed by atoms with Crippen LogP contribution in [0, 0.1) is 13.8 Å². The van der Waals surface area contributed by atoms with Gasteiger partial charge in [0.15, 0.2) is 11.5 Å². The third-order valence-corrected chi connectivity index (χ3v) is 3.30. The summed E-state index contributed by atoms with van der Waals surface area (Å²) >= 11 is 0. The monoisotopic (exact) mass is 298 g/mol. The van der Waals surface area contributed by atoms with E-state index < -0.39 is 11.8 Å². The number of amides is 2. The lowest BCUT2D eigenvalue weighted by Crippen LogP contribution is -2.41. The lowest BCUT2D eigenvalue weighted by atomic mass is 10.1. The number of nitrogens with one attached hydrogen (secondary N) is 2. The number of carbonyl (C=O) groups is 2. The molecule has 112 valence electrons. The number of para-hydroxylation sites is 1. The molecule has 2 aromatic heterocycles. The highest BCUT2D eigenvalue weighted by atomic mass is 16.4. The normalized spacial score (nSPS) is 10.6. The maximum absolute atomic E-state index is 12.1. The van der Waals surface area contributed by atoms with Gasteiger partial charge in [-0.15, -0.1) is 0 Å². The zero-order valence-corrected chi connectivity index (χ0v) is 12.1. The molecule has 3 rings (SSSR count). The van der Waals surface area contributed by atoms with Crippen LogP contribution in [0.15, 0.2) is 45.2 Å². The van der Waals surface area contributed by atoms with Crippen molar-refractivity contribution in [2.45, 2.75) is 13.8 Å². The smallest absolute Gasteiger partial charge is 0.305 e. The Morgan fingerprint density at radius 1 is 0.909 bits per heavy atom. The summed E-state index contributed by atoms with van der Waals surface area (Å²) in [5.74, 6) is -0.151. The van der Waals surface area contributed by atoms with Crippen LogP contribution in [-0.4, -0.2) is 11.8 Å². The summed E-state index contributed by atoms with van der Waals surface area (Å²) in [6, 6.07) is 10.5. The van der Waals surface area contributed by atoms with Crippen LogP contribution < -0.4 is 10.9 Å². The number of benzene rings is 1. The third kappa shape index (κ3) is 2.46. The molecule has 0 saturated carbocycles. The molecule has 0 unspecified atom stereocenters. The van der Waals surface area contributed by atoms with E-state index in [-0.39, 0.29) is 11.5 Å². The van der Waals surface area contributed by atoms with E-state index in [9.17, 15) is 9.59 Å². The van der Waals surface area contributed by atoms with Gasteiger partial charge in [0.2, 0.25) is 0 Å². The van der Waals surface area contributed by atoms with Gasteiger partial charge in [-0.05, 0) is 32.0 Å². The highest BCUT2D eigenvalue weighted by Gasteiger charge is 2.18. The number of fused-ring (bicyclic) bond motifs is 1. The predicted octanol–water partition coefficient (Wildman–Crippen LogP) is 2.72. The van der Waals surface area contributed by atoms with Crippen molar-refractivity contribution in [2.24, 2.45) is 0 Å². The van der Waals surface area contributed by atoms with Gasteiger partial charge in [-0.2, -0.15) is 0 Å². The van der Waals surface area contributed by atoms with Gasteiger partial charge in [0.25, 0.3) is 0 Å². The Morgan fingerprint density at radius 2 is 1.64 bits per heavy atom. The van der Waals surface area contributed by atoms with E-state index in [4.69, 9.17) is 8.83 Å². The van der Waals surface area contributed by atoms with Gasteiger partial charge in [-0.1, -0.05) is 18.2 Å². The van der Waals surface area contributed by atoms with Gasteiger partial charge < -0.3 is 8.83 Å². The Labute approximate surface area is 126 Å². The molecule has 22 heavy (non-hydrogen) atoms. The highest BCUT2D eigenvalue weighted by Crippen LogP contribution is 2.24. The van der Waals surface area contributed by atoms with E-state index in [1.807, 2.05) is 18.2 Å². The first-order valence-electron chi connectivity index (χ1n) is 6.71. The lowest BCUT2D eigenvalue weighted by Gasteiger charge is -2.04. The molecular formula is C16H14N2O4. The number of carbonyl (C=O) groups excluding carboxylic acids is 2. The van der Waals surface area contributed by atoms with Crippen LogP contribution in [-0.2, 0) is 0 Å². The molecule has 0 radical (unpaired) electrons. The second kappa shape index (κ2) is 5.40. The molecule has 0 aliphatic carbocycles. The molecule has 6 nitrogen and oxygen atoms in total. The molecule has 0 spiro atoms. The summed E-state index contributed by atoms with van der Waals surface area (Å²) in [5, 5.41) is 0.862. The number of furan rings is 2. The van der Waals surface area contributed by atoms with E-state index >= 15 is 0 Å². The summed E-state index contributed by atoms with van der Waals surface area (Å²) in [7, 11) is 0. The molecule has 2 N–H and O–H groups in total. The fraction of sp³-hybridized carbons (Fsp3) is 0.125. The van der Waals surface area contributed by atoms with Crippen LogP contribution in [0.3, 0.4) is 0 Å². The first-order valence-corrected chi connectivity index (χ1v) is 6.71. The molecule has 1 aromatic carbocycles. The summed E-state index contributed by atoms with van der Waals surface area (Å²) in [6.45, 7) is 3.52. The molecule has 2 heterocycles. The van der Waals surface area contributed by atoms with Crippen molar-refractivity contribution in [3.05, 3.63) is 59.2 Å². The van der Waals surface area contributed by atoms with E-state index in [1.54, 1.807) is 26.0 Å². The minimum absolute atomic E-state index is 0.124. The van der Waals surface area contributed by atoms with Crippen LogP contribution in [0.2, 0.25) is 0 Å². The molecule has 0 atom stereocenters. The lowest BCUT2D eigenvalue weighted by molar-refractivity contribution is 0.0817. The van der Waals surface area contributed by atoms with Crippen LogP contribution in [0.5, 0.6) is 0 Å². The first-order chi connectivity index (χ1) is 10.6. The van der Waals surface area contributed by atoms with Crippen molar-refractivity contribution in [3.8, 4) is 0 Å². The van der Waals surface area contributed by atoms with Gasteiger partial charge in [-0.3, -0.25) is 20.4 Å². The number of hydrazine groups is 1. The fourth-order valence-corrected chi connectivity index (χ4v) is 2.18. The summed E-state index contributed by atoms with van der Waals surface area (Å²) in [6.07, 6.45) is 0. The zero-order valence-electron chi connectivity index (χ0n) is 12.1. The Bertz CT molecular complexity index is 860. The first kappa shape index (κ1) is 13.9. The Kier molecular flexibility index (Phi) is 3.42. The highest BCUT2D eigenvalue weighted by molar-refractivity contribution is 6.00. The van der Waals surface area contributed by atoms with E-state index in [2.05, 4.69) is 10.9 Å². The van der Waals surface area contributed by atoms with Gasteiger partial charge in [-0.25, -0.2) is 0 Å². The van der Waals surface area contributed by atoms with Crippen LogP contribution in [0.4, 0.5) is 0 Å². The maximum Gasteiger partial charge on any atom is 0.305 e. The molecular weight excluding hydrogens is 284 g/mol. The molecule has 0 fully saturated rings. The van der Waals surface area contributed by atoms with E-state index in [1.165, 1.54) is 6.07 Å². The predicted molar refractivity (Wildman–Crippen MR) is 79.3 cm³/mol. The zero-order chi connectivity index (χ0) is 15.7. The van der Waals surface area contributed by atoms with E-state index in [0.29, 0.717) is 11.3 Å². The SMILES string of the molecule is Cc1ccc(C(=O)NNC(=O)c2oc3ccccc3c2C)o1. The molecule has 0 saturated heterocycles. The maximum atomic E-state index is 12.1. The number of hydrogen-bond acceptors (Lipinski definition) is 4. The fourth-order valence-electron chi connectivity index (χ4n) is 2.18. The molecule has 6 heteroatoms. The minimum atomic E-state index is -0.532. The average Bonchev–Trinajstić information content (AvgIpc) is 3.09. The largest absolute Gasteiger partial charge is 0.456 e. The van der Waals surface area contributed by atoms with Crippen molar-refractivity contribution in [2.75, 3.05) is 0 Å². The number of aryl methyl sites for hydroxylation is 2. The van der Waals surface area contributed by atoms with Gasteiger partial charge >= 0.3 is 11.8 Å². The van der Waals surface area contributed by atoms with Crippen LogP contribution >= 0.6 is 0 Å². The van der Waals surface area contributed by atoms with Crippen LogP contribution in [0.1, 0.15) is 32.4 Å².